The number of anilines is 1. The molecule has 0 bridgehead atoms. The van der Waals surface area contributed by atoms with Crippen molar-refractivity contribution in [3.05, 3.63) is 41.5 Å². The van der Waals surface area contributed by atoms with Crippen LogP contribution in [0.15, 0.2) is 35.9 Å². The van der Waals surface area contributed by atoms with E-state index in [1.807, 2.05) is 0 Å². The molecule has 0 aromatic carbocycles. The largest absolute Gasteiger partial charge is 0.395 e. The van der Waals surface area contributed by atoms with Crippen LogP contribution in [0.5, 0.6) is 0 Å². The molecule has 2 rings (SSSR count). The molecule has 0 fully saturated rings. The average Bonchev–Trinajstić information content (AvgIpc) is 2.74. The summed E-state index contributed by atoms with van der Waals surface area (Å²) >= 11 is 0. The second kappa shape index (κ2) is 5.07. The number of nitrogens with two attached hydrogens (primary N) is 1. The summed E-state index contributed by atoms with van der Waals surface area (Å²) in [5, 5.41) is 9.18. The maximum absolute atomic E-state index is 11.6. The van der Waals surface area contributed by atoms with Crippen molar-refractivity contribution in [2.45, 2.75) is 6.54 Å². The molecule has 7 heteroatoms. The van der Waals surface area contributed by atoms with Crippen molar-refractivity contribution < 1.29 is 5.11 Å². The van der Waals surface area contributed by atoms with Gasteiger partial charge in [0.25, 0.3) is 5.56 Å². The van der Waals surface area contributed by atoms with Crippen LogP contribution >= 0.6 is 0 Å². The van der Waals surface area contributed by atoms with Crippen LogP contribution in [-0.4, -0.2) is 31.2 Å². The summed E-state index contributed by atoms with van der Waals surface area (Å²) in [4.78, 5) is 22.0. The van der Waals surface area contributed by atoms with Crippen LogP contribution in [0.4, 0.5) is 5.95 Å². The van der Waals surface area contributed by atoms with Crippen LogP contribution in [0.2, 0.25) is 0 Å². The summed E-state index contributed by atoms with van der Waals surface area (Å²) in [7, 11) is 0. The lowest BCUT2D eigenvalue weighted by molar-refractivity contribution is 0.266. The average molecular weight is 261 g/mol. The molecule has 2 heterocycles. The van der Waals surface area contributed by atoms with Crippen molar-refractivity contribution in [1.82, 2.24) is 19.5 Å². The summed E-state index contributed by atoms with van der Waals surface area (Å²) in [6.07, 6.45) is 3.12. The quantitative estimate of drug-likeness (QED) is 0.659. The Labute approximate surface area is 109 Å². The molecule has 0 aliphatic heterocycles. The maximum Gasteiger partial charge on any atom is 0.280 e. The van der Waals surface area contributed by atoms with Crippen molar-refractivity contribution >= 4 is 17.1 Å². The van der Waals surface area contributed by atoms with Gasteiger partial charge in [0.1, 0.15) is 0 Å². The van der Waals surface area contributed by atoms with E-state index in [1.165, 1.54) is 6.33 Å². The molecule has 0 radical (unpaired) electrons. The number of aliphatic hydroxyl groups excluding tert-OH is 1. The molecule has 0 spiro atoms. The predicted octanol–water partition coefficient (Wildman–Crippen LogP) is 0.0525. The zero-order chi connectivity index (χ0) is 14.0. The highest BCUT2D eigenvalue weighted by atomic mass is 16.3. The molecule has 7 nitrogen and oxygen atoms in total. The zero-order valence-electron chi connectivity index (χ0n) is 10.3. The van der Waals surface area contributed by atoms with Gasteiger partial charge in [-0.1, -0.05) is 12.7 Å². The van der Waals surface area contributed by atoms with Crippen LogP contribution in [0.1, 0.15) is 0 Å². The smallest absolute Gasteiger partial charge is 0.280 e. The number of hydrogen-bond acceptors (Lipinski definition) is 5. The standard InChI is InChI=1S/C12H15N5O2/c1-3-8(5-18)7(2)4-17-6-14-9-10(17)15-12(13)16-11(9)19/h3,6,8,18H,1-2,4-5H2,(H3,13,15,16,19). The molecule has 0 saturated heterocycles. The van der Waals surface area contributed by atoms with E-state index in [0.29, 0.717) is 12.2 Å². The van der Waals surface area contributed by atoms with E-state index in [4.69, 9.17) is 5.73 Å². The van der Waals surface area contributed by atoms with Gasteiger partial charge in [0.05, 0.1) is 12.9 Å². The minimum absolute atomic E-state index is 0.0345. The minimum atomic E-state index is -0.380. The Morgan fingerprint density at radius 1 is 1.68 bits per heavy atom. The molecule has 1 atom stereocenters. The van der Waals surface area contributed by atoms with Gasteiger partial charge in [-0.05, 0) is 5.57 Å². The van der Waals surface area contributed by atoms with Crippen LogP contribution in [-0.2, 0) is 6.54 Å². The topological polar surface area (TPSA) is 110 Å². The number of nitrogen functional groups attached to an aromatic ring is 1. The Hall–Kier alpha value is -2.41. The van der Waals surface area contributed by atoms with Crippen molar-refractivity contribution in [3.63, 3.8) is 0 Å². The lowest BCUT2D eigenvalue weighted by atomic mass is 10.0. The van der Waals surface area contributed by atoms with Crippen LogP contribution < -0.4 is 11.3 Å². The van der Waals surface area contributed by atoms with E-state index in [1.54, 1.807) is 10.6 Å². The number of nitrogens with one attached hydrogen (secondary N) is 1. The van der Waals surface area contributed by atoms with E-state index in [0.717, 1.165) is 5.57 Å². The van der Waals surface area contributed by atoms with Gasteiger partial charge in [-0.2, -0.15) is 4.98 Å². The van der Waals surface area contributed by atoms with Gasteiger partial charge in [-0.3, -0.25) is 9.78 Å². The first-order valence-electron chi connectivity index (χ1n) is 5.68. The fraction of sp³-hybridized carbons (Fsp3) is 0.250. The fourth-order valence-corrected chi connectivity index (χ4v) is 1.79. The molecule has 2 aromatic rings. The molecular weight excluding hydrogens is 246 g/mol. The predicted molar refractivity (Wildman–Crippen MR) is 72.5 cm³/mol. The van der Waals surface area contributed by atoms with E-state index < -0.39 is 0 Å². The maximum atomic E-state index is 11.6. The third-order valence-corrected chi connectivity index (χ3v) is 2.87. The van der Waals surface area contributed by atoms with Gasteiger partial charge in [0.2, 0.25) is 5.95 Å². The van der Waals surface area contributed by atoms with Gasteiger partial charge < -0.3 is 15.4 Å². The number of rotatable bonds is 5. The Kier molecular flexibility index (Phi) is 3.48. The van der Waals surface area contributed by atoms with E-state index in [9.17, 15) is 9.90 Å². The fourth-order valence-electron chi connectivity index (χ4n) is 1.79. The van der Waals surface area contributed by atoms with Crippen LogP contribution in [0.3, 0.4) is 0 Å². The summed E-state index contributed by atoms with van der Waals surface area (Å²) in [5.41, 5.74) is 6.49. The third kappa shape index (κ3) is 2.41. The molecule has 0 amide bonds. The minimum Gasteiger partial charge on any atom is -0.395 e. The highest BCUT2D eigenvalue weighted by Crippen LogP contribution is 2.15. The number of aliphatic hydroxyl groups is 1. The molecule has 4 N–H and O–H groups in total. The number of H-pyrrole nitrogens is 1. The van der Waals surface area contributed by atoms with Crippen molar-refractivity contribution in [2.75, 3.05) is 12.3 Å². The number of imidazole rings is 1. The molecule has 19 heavy (non-hydrogen) atoms. The zero-order valence-corrected chi connectivity index (χ0v) is 10.3. The van der Waals surface area contributed by atoms with Crippen LogP contribution in [0, 0.1) is 5.92 Å². The number of aromatic nitrogens is 4. The SMILES string of the molecule is C=CC(CO)C(=C)Cn1cnc2c(=O)[nH]c(N)nc21. The van der Waals surface area contributed by atoms with Gasteiger partial charge in [0, 0.05) is 12.5 Å². The Bertz CT molecular complexity index is 685. The highest BCUT2D eigenvalue weighted by Gasteiger charge is 2.13. The number of aromatic amines is 1. The lowest BCUT2D eigenvalue weighted by Gasteiger charge is -2.13. The number of hydrogen-bond donors (Lipinski definition) is 3. The van der Waals surface area contributed by atoms with Gasteiger partial charge >= 0.3 is 0 Å². The molecule has 0 saturated carbocycles. The molecule has 0 aliphatic carbocycles. The Balaban J connectivity index is 2.39. The molecule has 2 aromatic heterocycles. The van der Waals surface area contributed by atoms with Crippen LogP contribution in [0.25, 0.3) is 11.2 Å². The highest BCUT2D eigenvalue weighted by molar-refractivity contribution is 5.70. The van der Waals surface area contributed by atoms with Gasteiger partial charge in [-0.25, -0.2) is 4.98 Å². The summed E-state index contributed by atoms with van der Waals surface area (Å²) in [5.74, 6) is -0.177. The van der Waals surface area contributed by atoms with Gasteiger partial charge in [0.15, 0.2) is 11.2 Å². The van der Waals surface area contributed by atoms with Crippen molar-refractivity contribution in [2.24, 2.45) is 5.92 Å². The molecule has 1 unspecified atom stereocenters. The van der Waals surface area contributed by atoms with E-state index in [2.05, 4.69) is 28.1 Å². The third-order valence-electron chi connectivity index (χ3n) is 2.87. The second-order valence-electron chi connectivity index (χ2n) is 4.18. The first-order chi connectivity index (χ1) is 9.06. The van der Waals surface area contributed by atoms with Gasteiger partial charge in [-0.15, -0.1) is 6.58 Å². The Morgan fingerprint density at radius 3 is 3.05 bits per heavy atom. The molecule has 100 valence electrons. The van der Waals surface area contributed by atoms with Crippen molar-refractivity contribution in [1.29, 1.82) is 0 Å². The van der Waals surface area contributed by atoms with E-state index >= 15 is 0 Å². The summed E-state index contributed by atoms with van der Waals surface area (Å²) in [6.45, 7) is 7.85. The second-order valence-corrected chi connectivity index (χ2v) is 4.18. The Morgan fingerprint density at radius 2 is 2.42 bits per heavy atom. The number of nitrogens with zero attached hydrogens (tertiary/aromatic N) is 3. The number of fused-ring (bicyclic) bond motifs is 1. The first-order valence-corrected chi connectivity index (χ1v) is 5.68. The summed E-state index contributed by atoms with van der Waals surface area (Å²) in [6, 6.07) is 0. The monoisotopic (exact) mass is 261 g/mol. The molecule has 0 aliphatic rings. The lowest BCUT2D eigenvalue weighted by Crippen LogP contribution is -2.14. The summed E-state index contributed by atoms with van der Waals surface area (Å²) < 4.78 is 1.66. The van der Waals surface area contributed by atoms with E-state index in [-0.39, 0.29) is 29.5 Å². The van der Waals surface area contributed by atoms with Crippen molar-refractivity contribution in [3.8, 4) is 0 Å². The first kappa shape index (κ1) is 13.0. The normalized spacial score (nSPS) is 12.5. The molecular formula is C12H15N5O2.